The summed E-state index contributed by atoms with van der Waals surface area (Å²) in [6.07, 6.45) is 7.29. The highest BCUT2D eigenvalue weighted by Gasteiger charge is 2.10. The van der Waals surface area contributed by atoms with Gasteiger partial charge in [-0.3, -0.25) is 0 Å². The first kappa shape index (κ1) is 15.4. The predicted octanol–water partition coefficient (Wildman–Crippen LogP) is 3.42. The molecule has 0 radical (unpaired) electrons. The normalized spacial score (nSPS) is 11.0. The minimum absolute atomic E-state index is 0.113. The van der Waals surface area contributed by atoms with Crippen molar-refractivity contribution in [2.45, 2.75) is 52.0 Å². The summed E-state index contributed by atoms with van der Waals surface area (Å²) >= 11 is 0. The Morgan fingerprint density at radius 1 is 1.14 bits per heavy atom. The third-order valence-electron chi connectivity index (χ3n) is 3.51. The Morgan fingerprint density at radius 3 is 2.67 bits per heavy atom. The molecule has 2 N–H and O–H groups in total. The van der Waals surface area contributed by atoms with Gasteiger partial charge in [-0.25, -0.2) is 9.07 Å². The Bertz CT molecular complexity index is 567. The molecule has 1 heterocycles. The number of tetrazole rings is 1. The second-order valence-electron chi connectivity index (χ2n) is 5.23. The number of aromatic nitrogens is 4. The number of rotatable bonds is 8. The fourth-order valence-corrected chi connectivity index (χ4v) is 2.29. The van der Waals surface area contributed by atoms with E-state index in [1.165, 1.54) is 38.2 Å². The van der Waals surface area contributed by atoms with Crippen LogP contribution in [0.2, 0.25) is 0 Å². The van der Waals surface area contributed by atoms with E-state index in [1.54, 1.807) is 16.8 Å². The third-order valence-corrected chi connectivity index (χ3v) is 3.51. The predicted molar refractivity (Wildman–Crippen MR) is 81.0 cm³/mol. The van der Waals surface area contributed by atoms with Crippen LogP contribution in [0.3, 0.4) is 0 Å². The average molecular weight is 291 g/mol. The van der Waals surface area contributed by atoms with Gasteiger partial charge in [-0.2, -0.15) is 0 Å². The quantitative estimate of drug-likeness (QED) is 0.597. The molecule has 0 bridgehead atoms. The van der Waals surface area contributed by atoms with Crippen LogP contribution in [-0.4, -0.2) is 20.2 Å². The summed E-state index contributed by atoms with van der Waals surface area (Å²) in [7, 11) is 0. The molecule has 2 aromatic rings. The van der Waals surface area contributed by atoms with Crippen molar-refractivity contribution in [2.24, 2.45) is 0 Å². The molecule has 0 aliphatic heterocycles. The van der Waals surface area contributed by atoms with Crippen LogP contribution in [0.15, 0.2) is 18.2 Å². The van der Waals surface area contributed by atoms with Gasteiger partial charge in [-0.15, -0.1) is 5.10 Å². The summed E-state index contributed by atoms with van der Waals surface area (Å²) in [6, 6.07) is 4.56. The first-order valence-corrected chi connectivity index (χ1v) is 7.54. The van der Waals surface area contributed by atoms with Crippen LogP contribution < -0.4 is 5.73 Å². The van der Waals surface area contributed by atoms with E-state index < -0.39 is 5.82 Å². The van der Waals surface area contributed by atoms with Crippen LogP contribution in [0, 0.1) is 5.82 Å². The van der Waals surface area contributed by atoms with Gasteiger partial charge in [0.25, 0.3) is 0 Å². The fraction of sp³-hybridized carbons (Fsp3) is 0.533. The van der Waals surface area contributed by atoms with Crippen molar-refractivity contribution >= 4 is 5.69 Å². The van der Waals surface area contributed by atoms with E-state index in [9.17, 15) is 4.39 Å². The number of unbranched alkanes of at least 4 members (excludes halogenated alkanes) is 5. The highest BCUT2D eigenvalue weighted by molar-refractivity contribution is 5.61. The van der Waals surface area contributed by atoms with Crippen LogP contribution in [0.5, 0.6) is 0 Å². The number of hydrogen-bond donors (Lipinski definition) is 1. The van der Waals surface area contributed by atoms with Gasteiger partial charge in [0.15, 0.2) is 5.82 Å². The average Bonchev–Trinajstić information content (AvgIpc) is 2.94. The lowest BCUT2D eigenvalue weighted by atomic mass is 10.1. The smallest absolute Gasteiger partial charge is 0.182 e. The van der Waals surface area contributed by atoms with E-state index in [1.807, 2.05) is 0 Å². The maximum Gasteiger partial charge on any atom is 0.182 e. The number of nitrogens with zero attached hydrogens (tertiary/aromatic N) is 4. The first-order valence-electron chi connectivity index (χ1n) is 7.54. The van der Waals surface area contributed by atoms with Crippen molar-refractivity contribution in [1.82, 2.24) is 20.2 Å². The molecule has 0 atom stereocenters. The fourth-order valence-electron chi connectivity index (χ4n) is 2.29. The van der Waals surface area contributed by atoms with E-state index >= 15 is 0 Å². The van der Waals surface area contributed by atoms with Crippen LogP contribution in [0.1, 0.15) is 45.4 Å². The Hall–Kier alpha value is -1.98. The number of hydrogen-bond acceptors (Lipinski definition) is 4. The highest BCUT2D eigenvalue weighted by Crippen LogP contribution is 2.21. The number of nitrogens with two attached hydrogens (primary N) is 1. The minimum atomic E-state index is -0.423. The van der Waals surface area contributed by atoms with Crippen molar-refractivity contribution in [3.05, 3.63) is 24.0 Å². The highest BCUT2D eigenvalue weighted by atomic mass is 19.1. The third kappa shape index (κ3) is 4.24. The van der Waals surface area contributed by atoms with Crippen LogP contribution in [-0.2, 0) is 6.54 Å². The lowest BCUT2D eigenvalue weighted by Crippen LogP contribution is -2.03. The zero-order valence-corrected chi connectivity index (χ0v) is 12.4. The summed E-state index contributed by atoms with van der Waals surface area (Å²) in [6.45, 7) is 2.98. The van der Waals surface area contributed by atoms with Gasteiger partial charge in [-0.1, -0.05) is 39.0 Å². The Morgan fingerprint density at radius 2 is 1.90 bits per heavy atom. The van der Waals surface area contributed by atoms with Crippen molar-refractivity contribution in [3.8, 4) is 11.4 Å². The van der Waals surface area contributed by atoms with E-state index in [0.29, 0.717) is 5.82 Å². The summed E-state index contributed by atoms with van der Waals surface area (Å²) < 4.78 is 15.0. The topological polar surface area (TPSA) is 69.6 Å². The van der Waals surface area contributed by atoms with E-state index in [0.717, 1.165) is 18.5 Å². The molecule has 0 amide bonds. The monoisotopic (exact) mass is 291 g/mol. The molecule has 1 aromatic carbocycles. The van der Waals surface area contributed by atoms with Gasteiger partial charge in [0.2, 0.25) is 0 Å². The van der Waals surface area contributed by atoms with E-state index in [2.05, 4.69) is 22.4 Å². The zero-order chi connectivity index (χ0) is 15.1. The Balaban J connectivity index is 1.93. The molecule has 0 saturated carbocycles. The maximum absolute atomic E-state index is 13.2. The summed E-state index contributed by atoms with van der Waals surface area (Å²) in [5.41, 5.74) is 6.45. The van der Waals surface area contributed by atoms with Crippen molar-refractivity contribution in [1.29, 1.82) is 0 Å². The molecule has 0 unspecified atom stereocenters. The van der Waals surface area contributed by atoms with Gasteiger partial charge in [-0.05, 0) is 35.0 Å². The Kier molecular flexibility index (Phi) is 5.66. The molecule has 21 heavy (non-hydrogen) atoms. The summed E-state index contributed by atoms with van der Waals surface area (Å²) in [5.74, 6) is 0.212. The summed E-state index contributed by atoms with van der Waals surface area (Å²) in [5, 5.41) is 11.7. The molecule has 6 heteroatoms. The van der Waals surface area contributed by atoms with Crippen molar-refractivity contribution in [3.63, 3.8) is 0 Å². The van der Waals surface area contributed by atoms with Gasteiger partial charge >= 0.3 is 0 Å². The second kappa shape index (κ2) is 7.71. The minimum Gasteiger partial charge on any atom is -0.396 e. The largest absolute Gasteiger partial charge is 0.396 e. The molecule has 0 aliphatic rings. The second-order valence-corrected chi connectivity index (χ2v) is 5.23. The molecule has 2 rings (SSSR count). The molecular formula is C15H22FN5. The van der Waals surface area contributed by atoms with Gasteiger partial charge in [0.1, 0.15) is 5.82 Å². The van der Waals surface area contributed by atoms with E-state index in [-0.39, 0.29) is 5.69 Å². The molecule has 5 nitrogen and oxygen atoms in total. The van der Waals surface area contributed by atoms with E-state index in [4.69, 9.17) is 5.73 Å². The molecule has 114 valence electrons. The van der Waals surface area contributed by atoms with Gasteiger partial charge in [0.05, 0.1) is 5.69 Å². The molecular weight excluding hydrogens is 269 g/mol. The molecule has 0 fully saturated rings. The lowest BCUT2D eigenvalue weighted by Gasteiger charge is -2.06. The number of nitrogen functional groups attached to an aromatic ring is 1. The van der Waals surface area contributed by atoms with Crippen LogP contribution in [0.4, 0.5) is 10.1 Å². The number of benzene rings is 1. The van der Waals surface area contributed by atoms with Gasteiger partial charge in [0, 0.05) is 12.1 Å². The SMILES string of the molecule is CCCCCCCCn1nnnc1-c1ccc(F)c(N)c1. The molecule has 1 aromatic heterocycles. The van der Waals surface area contributed by atoms with Crippen LogP contribution in [0.25, 0.3) is 11.4 Å². The number of halogens is 1. The maximum atomic E-state index is 13.2. The molecule has 0 aliphatic carbocycles. The first-order chi connectivity index (χ1) is 10.2. The van der Waals surface area contributed by atoms with Crippen molar-refractivity contribution < 1.29 is 4.39 Å². The number of aryl methyl sites for hydroxylation is 1. The zero-order valence-electron chi connectivity index (χ0n) is 12.4. The standard InChI is InChI=1S/C15H22FN5/c1-2-3-4-5-6-7-10-21-15(18-19-20-21)12-8-9-13(16)14(17)11-12/h8-9,11H,2-7,10,17H2,1H3. The summed E-state index contributed by atoms with van der Waals surface area (Å²) in [4.78, 5) is 0. The molecule has 0 saturated heterocycles. The van der Waals surface area contributed by atoms with Crippen LogP contribution >= 0.6 is 0 Å². The molecule has 0 spiro atoms. The van der Waals surface area contributed by atoms with Crippen molar-refractivity contribution in [2.75, 3.05) is 5.73 Å². The Labute approximate surface area is 124 Å². The van der Waals surface area contributed by atoms with Gasteiger partial charge < -0.3 is 5.73 Å². The lowest BCUT2D eigenvalue weighted by molar-refractivity contribution is 0.519. The number of anilines is 1.